The molecule has 0 fully saturated rings. The topological polar surface area (TPSA) is 66.4 Å². The highest BCUT2D eigenvalue weighted by atomic mass is 35.5. The van der Waals surface area contributed by atoms with E-state index < -0.39 is 11.9 Å². The highest BCUT2D eigenvalue weighted by molar-refractivity contribution is 7.10. The van der Waals surface area contributed by atoms with Crippen molar-refractivity contribution < 1.29 is 14.7 Å². The average Bonchev–Trinajstić information content (AvgIpc) is 2.69. The van der Waals surface area contributed by atoms with Crippen LogP contribution in [0.4, 0.5) is 0 Å². The van der Waals surface area contributed by atoms with E-state index in [1.807, 2.05) is 11.4 Å². The SMILES string of the molecule is CC(CNC(=O)CCc1cc(Cl)cs1)C(=O)O. The van der Waals surface area contributed by atoms with Gasteiger partial charge < -0.3 is 10.4 Å². The van der Waals surface area contributed by atoms with E-state index in [1.165, 1.54) is 11.3 Å². The van der Waals surface area contributed by atoms with Crippen LogP contribution >= 0.6 is 22.9 Å². The van der Waals surface area contributed by atoms with E-state index in [0.29, 0.717) is 17.9 Å². The Bertz CT molecular complexity index is 405. The van der Waals surface area contributed by atoms with Crippen molar-refractivity contribution in [2.75, 3.05) is 6.54 Å². The molecule has 1 unspecified atom stereocenters. The molecular weight excluding hydrogens is 262 g/mol. The van der Waals surface area contributed by atoms with E-state index in [0.717, 1.165) is 4.88 Å². The van der Waals surface area contributed by atoms with Crippen LogP contribution in [0.1, 0.15) is 18.2 Å². The third-order valence-corrected chi connectivity index (χ3v) is 3.59. The number of carbonyl (C=O) groups excluding carboxylic acids is 1. The number of rotatable bonds is 6. The summed E-state index contributed by atoms with van der Waals surface area (Å²) in [5.41, 5.74) is 0. The van der Waals surface area contributed by atoms with Crippen LogP contribution < -0.4 is 5.32 Å². The number of carboxylic acids is 1. The van der Waals surface area contributed by atoms with Crippen molar-refractivity contribution >= 4 is 34.8 Å². The summed E-state index contributed by atoms with van der Waals surface area (Å²) < 4.78 is 0. The first-order valence-electron chi connectivity index (χ1n) is 5.21. The lowest BCUT2D eigenvalue weighted by molar-refractivity contribution is -0.141. The second kappa shape index (κ2) is 6.61. The number of amides is 1. The van der Waals surface area contributed by atoms with Gasteiger partial charge in [0.2, 0.25) is 5.91 Å². The Labute approximate surface area is 109 Å². The Hall–Kier alpha value is -1.07. The van der Waals surface area contributed by atoms with Crippen molar-refractivity contribution in [1.82, 2.24) is 5.32 Å². The first-order valence-corrected chi connectivity index (χ1v) is 6.47. The maximum absolute atomic E-state index is 11.4. The number of aliphatic carboxylic acids is 1. The van der Waals surface area contributed by atoms with Crippen molar-refractivity contribution in [2.45, 2.75) is 19.8 Å². The van der Waals surface area contributed by atoms with E-state index in [2.05, 4.69) is 5.32 Å². The summed E-state index contributed by atoms with van der Waals surface area (Å²) in [7, 11) is 0. The number of hydrogen-bond acceptors (Lipinski definition) is 3. The van der Waals surface area contributed by atoms with E-state index in [9.17, 15) is 9.59 Å². The smallest absolute Gasteiger partial charge is 0.308 e. The van der Waals surface area contributed by atoms with Gasteiger partial charge in [0.15, 0.2) is 0 Å². The van der Waals surface area contributed by atoms with Crippen molar-refractivity contribution in [3.05, 3.63) is 21.3 Å². The lowest BCUT2D eigenvalue weighted by Gasteiger charge is -2.07. The molecule has 1 atom stereocenters. The van der Waals surface area contributed by atoms with Gasteiger partial charge in [0, 0.05) is 23.2 Å². The van der Waals surface area contributed by atoms with Gasteiger partial charge in [-0.1, -0.05) is 18.5 Å². The van der Waals surface area contributed by atoms with Gasteiger partial charge in [-0.05, 0) is 12.5 Å². The molecule has 0 aliphatic carbocycles. The molecular formula is C11H14ClNO3S. The molecule has 0 saturated carbocycles. The summed E-state index contributed by atoms with van der Waals surface area (Å²) in [6.45, 7) is 1.72. The van der Waals surface area contributed by atoms with Crippen molar-refractivity contribution in [3.63, 3.8) is 0 Å². The lowest BCUT2D eigenvalue weighted by atomic mass is 10.2. The Balaban J connectivity index is 2.24. The van der Waals surface area contributed by atoms with E-state index in [1.54, 1.807) is 6.92 Å². The van der Waals surface area contributed by atoms with Gasteiger partial charge in [-0.15, -0.1) is 11.3 Å². The summed E-state index contributed by atoms with van der Waals surface area (Å²) in [6.07, 6.45) is 0.980. The van der Waals surface area contributed by atoms with E-state index in [-0.39, 0.29) is 12.5 Å². The molecule has 4 nitrogen and oxygen atoms in total. The third kappa shape index (κ3) is 5.19. The molecule has 1 aromatic rings. The van der Waals surface area contributed by atoms with Crippen LogP contribution in [0.5, 0.6) is 0 Å². The fraction of sp³-hybridized carbons (Fsp3) is 0.455. The third-order valence-electron chi connectivity index (χ3n) is 2.25. The largest absolute Gasteiger partial charge is 0.481 e. The van der Waals surface area contributed by atoms with Crippen LogP contribution in [-0.4, -0.2) is 23.5 Å². The quantitative estimate of drug-likeness (QED) is 0.836. The summed E-state index contributed by atoms with van der Waals surface area (Å²) in [5.74, 6) is -1.60. The Morgan fingerprint density at radius 1 is 1.59 bits per heavy atom. The minimum Gasteiger partial charge on any atom is -0.481 e. The normalized spacial score (nSPS) is 12.1. The minimum absolute atomic E-state index is 0.136. The Kier molecular flexibility index (Phi) is 5.44. The fourth-order valence-electron chi connectivity index (χ4n) is 1.16. The van der Waals surface area contributed by atoms with Crippen LogP contribution in [0.25, 0.3) is 0 Å². The molecule has 1 rings (SSSR count). The van der Waals surface area contributed by atoms with Gasteiger partial charge >= 0.3 is 5.97 Å². The number of hydrogen-bond donors (Lipinski definition) is 2. The molecule has 1 heterocycles. The van der Waals surface area contributed by atoms with Crippen LogP contribution in [0.2, 0.25) is 5.02 Å². The molecule has 17 heavy (non-hydrogen) atoms. The van der Waals surface area contributed by atoms with Crippen LogP contribution in [0, 0.1) is 5.92 Å². The van der Waals surface area contributed by atoms with Crippen molar-refractivity contribution in [1.29, 1.82) is 0 Å². The fourth-order valence-corrected chi connectivity index (χ4v) is 2.24. The maximum Gasteiger partial charge on any atom is 0.308 e. The van der Waals surface area contributed by atoms with Gasteiger partial charge in [-0.2, -0.15) is 0 Å². The molecule has 1 amide bonds. The zero-order valence-electron chi connectivity index (χ0n) is 9.40. The molecule has 1 aromatic heterocycles. The van der Waals surface area contributed by atoms with Gasteiger partial charge in [-0.25, -0.2) is 0 Å². The van der Waals surface area contributed by atoms with Crippen LogP contribution in [0.3, 0.4) is 0 Å². The maximum atomic E-state index is 11.4. The van der Waals surface area contributed by atoms with Crippen molar-refractivity contribution in [3.8, 4) is 0 Å². The summed E-state index contributed by atoms with van der Waals surface area (Å²) in [5, 5.41) is 13.7. The standard InChI is InChI=1S/C11H14ClNO3S/c1-7(11(15)16)5-13-10(14)3-2-9-4-8(12)6-17-9/h4,6-7H,2-3,5H2,1H3,(H,13,14)(H,15,16). The zero-order valence-corrected chi connectivity index (χ0v) is 11.0. The summed E-state index contributed by atoms with van der Waals surface area (Å²) in [6, 6.07) is 1.83. The van der Waals surface area contributed by atoms with Gasteiger partial charge in [0.1, 0.15) is 0 Å². The van der Waals surface area contributed by atoms with Gasteiger partial charge in [-0.3, -0.25) is 9.59 Å². The molecule has 0 saturated heterocycles. The molecule has 0 aromatic carbocycles. The second-order valence-electron chi connectivity index (χ2n) is 3.77. The molecule has 0 spiro atoms. The number of thiophene rings is 1. The van der Waals surface area contributed by atoms with E-state index >= 15 is 0 Å². The molecule has 0 bridgehead atoms. The second-order valence-corrected chi connectivity index (χ2v) is 5.21. The molecule has 0 radical (unpaired) electrons. The van der Waals surface area contributed by atoms with Gasteiger partial charge in [0.05, 0.1) is 10.9 Å². The molecule has 2 N–H and O–H groups in total. The Morgan fingerprint density at radius 3 is 2.82 bits per heavy atom. The summed E-state index contributed by atoms with van der Waals surface area (Å²) in [4.78, 5) is 23.0. The van der Waals surface area contributed by atoms with Gasteiger partial charge in [0.25, 0.3) is 0 Å². The Morgan fingerprint density at radius 2 is 2.29 bits per heavy atom. The number of carboxylic acid groups (broad SMARTS) is 1. The predicted octanol–water partition coefficient (Wildman–Crippen LogP) is 2.17. The average molecular weight is 276 g/mol. The minimum atomic E-state index is -0.907. The van der Waals surface area contributed by atoms with Crippen LogP contribution in [0.15, 0.2) is 11.4 Å². The molecule has 0 aliphatic heterocycles. The summed E-state index contributed by atoms with van der Waals surface area (Å²) >= 11 is 7.27. The molecule has 94 valence electrons. The first-order chi connectivity index (χ1) is 7.99. The van der Waals surface area contributed by atoms with Crippen LogP contribution in [-0.2, 0) is 16.0 Å². The number of aryl methyl sites for hydroxylation is 1. The predicted molar refractivity (Wildman–Crippen MR) is 67.5 cm³/mol. The number of carbonyl (C=O) groups is 2. The van der Waals surface area contributed by atoms with E-state index in [4.69, 9.17) is 16.7 Å². The zero-order chi connectivity index (χ0) is 12.8. The first kappa shape index (κ1) is 14.0. The van der Waals surface area contributed by atoms with Crippen molar-refractivity contribution in [2.24, 2.45) is 5.92 Å². The molecule has 6 heteroatoms. The lowest BCUT2D eigenvalue weighted by Crippen LogP contribution is -2.31. The number of halogens is 1. The highest BCUT2D eigenvalue weighted by Gasteiger charge is 2.12. The number of nitrogens with one attached hydrogen (secondary N) is 1. The highest BCUT2D eigenvalue weighted by Crippen LogP contribution is 2.20. The molecule has 0 aliphatic rings. The monoisotopic (exact) mass is 275 g/mol.